The monoisotopic (exact) mass is 473 g/mol. The predicted molar refractivity (Wildman–Crippen MR) is 125 cm³/mol. The molecule has 1 atom stereocenters. The molecule has 2 aliphatic rings. The zero-order chi connectivity index (χ0) is 23.4. The molecule has 1 saturated heterocycles. The predicted octanol–water partition coefficient (Wildman–Crippen LogP) is 3.66. The lowest BCUT2D eigenvalue weighted by Crippen LogP contribution is -2.49. The quantitative estimate of drug-likeness (QED) is 0.565. The van der Waals surface area contributed by atoms with Gasteiger partial charge in [0.05, 0.1) is 7.11 Å². The third kappa shape index (κ3) is 5.79. The maximum Gasteiger partial charge on any atom is 0.328 e. The van der Waals surface area contributed by atoms with Crippen LogP contribution in [0.25, 0.3) is 6.08 Å². The zero-order valence-electron chi connectivity index (χ0n) is 18.5. The minimum atomic E-state index is -1.02. The summed E-state index contributed by atoms with van der Waals surface area (Å²) in [5.41, 5.74) is 1.68. The number of halogens is 1. The highest BCUT2D eigenvalue weighted by Gasteiger charge is 2.42. The molecule has 2 heterocycles. The van der Waals surface area contributed by atoms with E-state index >= 15 is 0 Å². The van der Waals surface area contributed by atoms with Crippen molar-refractivity contribution < 1.29 is 29.2 Å². The number of carboxylic acid groups (broad SMARTS) is 1. The maximum atomic E-state index is 10.7. The average Bonchev–Trinajstić information content (AvgIpc) is 3.15. The van der Waals surface area contributed by atoms with Crippen molar-refractivity contribution in [2.45, 2.75) is 31.0 Å². The normalized spacial score (nSPS) is 18.2. The van der Waals surface area contributed by atoms with Crippen LogP contribution in [0.4, 0.5) is 0 Å². The average molecular weight is 474 g/mol. The third-order valence-corrected chi connectivity index (χ3v) is 6.37. The van der Waals surface area contributed by atoms with E-state index in [-0.39, 0.29) is 12.2 Å². The molecule has 2 N–H and O–H groups in total. The Morgan fingerprint density at radius 2 is 2.03 bits per heavy atom. The minimum absolute atomic E-state index is 0.128. The van der Waals surface area contributed by atoms with Crippen molar-refractivity contribution in [2.24, 2.45) is 0 Å². The van der Waals surface area contributed by atoms with Crippen LogP contribution >= 0.6 is 11.6 Å². The van der Waals surface area contributed by atoms with E-state index in [4.69, 9.17) is 30.9 Å². The molecule has 8 heteroatoms. The molecule has 2 aromatic carbocycles. The van der Waals surface area contributed by atoms with Gasteiger partial charge in [0.15, 0.2) is 11.5 Å². The second-order valence-corrected chi connectivity index (χ2v) is 9.00. The lowest BCUT2D eigenvalue weighted by molar-refractivity contribution is -0.131. The van der Waals surface area contributed by atoms with Gasteiger partial charge in [0, 0.05) is 50.0 Å². The SMILES string of the molecule is COc1cc(/C=C/C(=O)O)ccc1OC[C@@H](O)CN1CCC2(CC1)Cc1cc(Cl)ccc1O2. The Balaban J connectivity index is 1.26. The summed E-state index contributed by atoms with van der Waals surface area (Å²) < 4.78 is 17.4. The van der Waals surface area contributed by atoms with E-state index in [9.17, 15) is 9.90 Å². The Morgan fingerprint density at radius 3 is 2.76 bits per heavy atom. The number of carbonyl (C=O) groups is 1. The standard InChI is InChI=1S/C25H28ClNO6/c1-31-23-12-17(3-7-24(29)30)2-5-22(23)32-16-20(28)15-27-10-8-25(9-11-27)14-18-13-19(26)4-6-21(18)33-25/h2-7,12-13,20,28H,8-11,14-16H2,1H3,(H,29,30)/b7-3+/t20-/m0/s1. The molecule has 2 aromatic rings. The van der Waals surface area contributed by atoms with Crippen LogP contribution in [0.2, 0.25) is 5.02 Å². The van der Waals surface area contributed by atoms with Crippen molar-refractivity contribution >= 4 is 23.6 Å². The summed E-state index contributed by atoms with van der Waals surface area (Å²) in [6, 6.07) is 10.9. The highest BCUT2D eigenvalue weighted by molar-refractivity contribution is 6.30. The number of rotatable bonds is 8. The lowest BCUT2D eigenvalue weighted by Gasteiger charge is -2.39. The summed E-state index contributed by atoms with van der Waals surface area (Å²) in [5, 5.41) is 20.0. The largest absolute Gasteiger partial charge is 0.493 e. The number of nitrogens with zero attached hydrogens (tertiary/aromatic N) is 1. The van der Waals surface area contributed by atoms with Crippen molar-refractivity contribution in [3.05, 3.63) is 58.6 Å². The van der Waals surface area contributed by atoms with E-state index in [2.05, 4.69) is 4.90 Å². The van der Waals surface area contributed by atoms with Gasteiger partial charge in [-0.2, -0.15) is 0 Å². The highest BCUT2D eigenvalue weighted by atomic mass is 35.5. The van der Waals surface area contributed by atoms with Crippen LogP contribution in [-0.2, 0) is 11.2 Å². The maximum absolute atomic E-state index is 10.7. The molecule has 4 rings (SSSR count). The van der Waals surface area contributed by atoms with Crippen LogP contribution in [0.5, 0.6) is 17.2 Å². The lowest BCUT2D eigenvalue weighted by atomic mass is 9.87. The fourth-order valence-corrected chi connectivity index (χ4v) is 4.63. The van der Waals surface area contributed by atoms with E-state index in [0.717, 1.165) is 49.2 Å². The first-order valence-corrected chi connectivity index (χ1v) is 11.3. The molecule has 0 radical (unpaired) electrons. The van der Waals surface area contributed by atoms with Crippen LogP contribution in [0.1, 0.15) is 24.0 Å². The number of aliphatic hydroxyl groups excluding tert-OH is 1. The van der Waals surface area contributed by atoms with Crippen LogP contribution in [-0.4, -0.2) is 66.1 Å². The first-order chi connectivity index (χ1) is 15.9. The second kappa shape index (κ2) is 10.0. The van der Waals surface area contributed by atoms with Gasteiger partial charge in [-0.05, 0) is 47.5 Å². The van der Waals surface area contributed by atoms with E-state index in [1.54, 1.807) is 18.2 Å². The van der Waals surface area contributed by atoms with Gasteiger partial charge in [-0.1, -0.05) is 17.7 Å². The first-order valence-electron chi connectivity index (χ1n) is 11.0. The summed E-state index contributed by atoms with van der Waals surface area (Å²) >= 11 is 6.12. The van der Waals surface area contributed by atoms with E-state index < -0.39 is 12.1 Å². The second-order valence-electron chi connectivity index (χ2n) is 8.56. The summed E-state index contributed by atoms with van der Waals surface area (Å²) in [5.74, 6) is 0.888. The third-order valence-electron chi connectivity index (χ3n) is 6.14. The number of aliphatic carboxylic acids is 1. The van der Waals surface area contributed by atoms with Crippen molar-refractivity contribution in [1.29, 1.82) is 0 Å². The summed E-state index contributed by atoms with van der Waals surface area (Å²) in [6.07, 6.45) is 4.55. The van der Waals surface area contributed by atoms with Gasteiger partial charge < -0.3 is 29.3 Å². The highest BCUT2D eigenvalue weighted by Crippen LogP contribution is 2.42. The van der Waals surface area contributed by atoms with Crippen molar-refractivity contribution in [2.75, 3.05) is 33.4 Å². The van der Waals surface area contributed by atoms with Gasteiger partial charge in [-0.25, -0.2) is 4.79 Å². The Hall–Kier alpha value is -2.74. The van der Waals surface area contributed by atoms with E-state index in [1.807, 2.05) is 18.2 Å². The Labute approximate surface area is 198 Å². The van der Waals surface area contributed by atoms with Crippen LogP contribution < -0.4 is 14.2 Å². The molecule has 0 aliphatic carbocycles. The molecule has 1 fully saturated rings. The molecule has 7 nitrogen and oxygen atoms in total. The summed E-state index contributed by atoms with van der Waals surface area (Å²) in [6.45, 7) is 2.32. The Kier molecular flexibility index (Phi) is 7.12. The number of hydrogen-bond acceptors (Lipinski definition) is 6. The Bertz CT molecular complexity index is 1030. The van der Waals surface area contributed by atoms with Gasteiger partial charge in [0.2, 0.25) is 0 Å². The van der Waals surface area contributed by atoms with Crippen LogP contribution in [0, 0.1) is 0 Å². The molecule has 0 aromatic heterocycles. The zero-order valence-corrected chi connectivity index (χ0v) is 19.3. The van der Waals surface area contributed by atoms with Gasteiger partial charge >= 0.3 is 5.97 Å². The van der Waals surface area contributed by atoms with Crippen LogP contribution in [0.3, 0.4) is 0 Å². The molecule has 0 bridgehead atoms. The molecule has 0 amide bonds. The number of fused-ring (bicyclic) bond motifs is 1. The molecule has 176 valence electrons. The van der Waals surface area contributed by atoms with E-state index in [0.29, 0.717) is 23.6 Å². The number of methoxy groups -OCH3 is 1. The smallest absolute Gasteiger partial charge is 0.328 e. The van der Waals surface area contributed by atoms with Gasteiger partial charge in [0.25, 0.3) is 0 Å². The number of β-amino-alcohol motifs (C(OH)–C–C–N with tert-alkyl or cyclic N) is 1. The van der Waals surface area contributed by atoms with E-state index in [1.165, 1.54) is 18.7 Å². The molecular formula is C25H28ClNO6. The fraction of sp³-hybridized carbons (Fsp3) is 0.400. The molecule has 0 unspecified atom stereocenters. The topological polar surface area (TPSA) is 88.5 Å². The molecule has 33 heavy (non-hydrogen) atoms. The Morgan fingerprint density at radius 1 is 1.24 bits per heavy atom. The fourth-order valence-electron chi connectivity index (χ4n) is 4.44. The number of ether oxygens (including phenoxy) is 3. The number of piperidine rings is 1. The first kappa shape index (κ1) is 23.4. The van der Waals surface area contributed by atoms with Gasteiger partial charge in [0.1, 0.15) is 24.1 Å². The number of carboxylic acids is 1. The number of benzene rings is 2. The van der Waals surface area contributed by atoms with Crippen molar-refractivity contribution in [3.8, 4) is 17.2 Å². The molecule has 0 saturated carbocycles. The minimum Gasteiger partial charge on any atom is -0.493 e. The van der Waals surface area contributed by atoms with Crippen molar-refractivity contribution in [1.82, 2.24) is 4.90 Å². The number of likely N-dealkylation sites (tertiary alicyclic amines) is 1. The molecule has 1 spiro atoms. The summed E-state index contributed by atoms with van der Waals surface area (Å²) in [7, 11) is 1.52. The molecule has 2 aliphatic heterocycles. The van der Waals surface area contributed by atoms with Gasteiger partial charge in [-0.3, -0.25) is 0 Å². The van der Waals surface area contributed by atoms with Crippen molar-refractivity contribution in [3.63, 3.8) is 0 Å². The number of hydrogen-bond donors (Lipinski definition) is 2. The summed E-state index contributed by atoms with van der Waals surface area (Å²) in [4.78, 5) is 12.9. The van der Waals surface area contributed by atoms with Gasteiger partial charge in [-0.15, -0.1) is 0 Å². The van der Waals surface area contributed by atoms with Crippen LogP contribution in [0.15, 0.2) is 42.5 Å². The molecular weight excluding hydrogens is 446 g/mol. The number of aliphatic hydroxyl groups is 1.